The number of hydrogen-bond acceptors (Lipinski definition) is 3. The van der Waals surface area contributed by atoms with Gasteiger partial charge in [0.2, 0.25) is 0 Å². The molecule has 4 heteroatoms. The van der Waals surface area contributed by atoms with Crippen molar-refractivity contribution in [3.8, 4) is 5.75 Å². The van der Waals surface area contributed by atoms with E-state index in [2.05, 4.69) is 37.5 Å². The molecule has 0 aliphatic heterocycles. The van der Waals surface area contributed by atoms with Crippen LogP contribution in [0.5, 0.6) is 5.75 Å². The van der Waals surface area contributed by atoms with Gasteiger partial charge in [-0.05, 0) is 43.5 Å². The highest BCUT2D eigenvalue weighted by atomic mass is 16.5. The van der Waals surface area contributed by atoms with Crippen molar-refractivity contribution in [1.29, 1.82) is 0 Å². The van der Waals surface area contributed by atoms with E-state index in [0.29, 0.717) is 6.54 Å². The fourth-order valence-corrected chi connectivity index (χ4v) is 2.11. The Hall–Kier alpha value is -1.55. The van der Waals surface area contributed by atoms with Crippen molar-refractivity contribution in [2.45, 2.75) is 59.1 Å². The molecule has 0 radical (unpaired) electrons. The molecule has 0 aliphatic rings. The van der Waals surface area contributed by atoms with Crippen molar-refractivity contribution < 1.29 is 9.53 Å². The molecule has 2 atom stereocenters. The predicted molar refractivity (Wildman–Crippen MR) is 91.4 cm³/mol. The number of hydrogen-bond donors (Lipinski definition) is 2. The first-order chi connectivity index (χ1) is 10.2. The van der Waals surface area contributed by atoms with E-state index >= 15 is 0 Å². The number of rotatable bonds is 7. The highest BCUT2D eigenvalue weighted by Gasteiger charge is 2.17. The van der Waals surface area contributed by atoms with E-state index in [4.69, 9.17) is 4.74 Å². The molecule has 0 saturated carbocycles. The van der Waals surface area contributed by atoms with Gasteiger partial charge in [-0.1, -0.05) is 39.8 Å². The molecule has 22 heavy (non-hydrogen) atoms. The molecular formula is C18H30N2O2. The van der Waals surface area contributed by atoms with E-state index in [1.807, 2.05) is 32.0 Å². The third-order valence-electron chi connectivity index (χ3n) is 3.52. The number of likely N-dealkylation sites (N-methyl/N-ethyl adjacent to an activating group) is 1. The molecule has 0 bridgehead atoms. The number of nitrogens with one attached hydrogen (secondary N) is 2. The molecule has 1 aromatic rings. The molecule has 2 N–H and O–H groups in total. The maximum Gasteiger partial charge on any atom is 0.260 e. The lowest BCUT2D eigenvalue weighted by molar-refractivity contribution is -0.127. The van der Waals surface area contributed by atoms with Crippen molar-refractivity contribution in [2.75, 3.05) is 13.1 Å². The van der Waals surface area contributed by atoms with Gasteiger partial charge in [0, 0.05) is 12.6 Å². The van der Waals surface area contributed by atoms with Crippen LogP contribution in [0.1, 0.15) is 47.1 Å². The lowest BCUT2D eigenvalue weighted by atomic mass is 9.87. The van der Waals surface area contributed by atoms with Gasteiger partial charge >= 0.3 is 0 Å². The average Bonchev–Trinajstić information content (AvgIpc) is 2.44. The molecule has 124 valence electrons. The van der Waals surface area contributed by atoms with Crippen molar-refractivity contribution in [3.05, 3.63) is 29.8 Å². The number of ether oxygens (including phenoxy) is 1. The minimum Gasteiger partial charge on any atom is -0.481 e. The smallest absolute Gasteiger partial charge is 0.260 e. The molecule has 0 fully saturated rings. The van der Waals surface area contributed by atoms with Gasteiger partial charge in [0.25, 0.3) is 5.91 Å². The third-order valence-corrected chi connectivity index (χ3v) is 3.52. The van der Waals surface area contributed by atoms with Crippen LogP contribution < -0.4 is 15.4 Å². The van der Waals surface area contributed by atoms with E-state index in [9.17, 15) is 4.79 Å². The Morgan fingerprint density at radius 2 is 1.95 bits per heavy atom. The van der Waals surface area contributed by atoms with Crippen LogP contribution in [0.4, 0.5) is 0 Å². The Morgan fingerprint density at radius 1 is 1.27 bits per heavy atom. The van der Waals surface area contributed by atoms with E-state index in [0.717, 1.165) is 12.3 Å². The van der Waals surface area contributed by atoms with Crippen LogP contribution in [-0.4, -0.2) is 31.1 Å². The highest BCUT2D eigenvalue weighted by Crippen LogP contribution is 2.26. The first kappa shape index (κ1) is 18.5. The molecule has 0 aliphatic carbocycles. The van der Waals surface area contributed by atoms with Crippen molar-refractivity contribution in [1.82, 2.24) is 10.6 Å². The number of carbonyl (C=O) groups excluding carboxylic acids is 1. The summed E-state index contributed by atoms with van der Waals surface area (Å²) in [6.45, 7) is 13.8. The second kappa shape index (κ2) is 8.18. The first-order valence-corrected chi connectivity index (χ1v) is 8.02. The molecule has 1 rings (SSSR count). The monoisotopic (exact) mass is 306 g/mol. The minimum atomic E-state index is -0.510. The molecule has 0 heterocycles. The van der Waals surface area contributed by atoms with Gasteiger partial charge in [0.05, 0.1) is 0 Å². The summed E-state index contributed by atoms with van der Waals surface area (Å²) in [6.07, 6.45) is -0.510. The van der Waals surface area contributed by atoms with Crippen LogP contribution in [0.15, 0.2) is 24.3 Å². The third kappa shape index (κ3) is 6.06. The van der Waals surface area contributed by atoms with Crippen molar-refractivity contribution >= 4 is 5.91 Å². The molecule has 0 saturated heterocycles. The van der Waals surface area contributed by atoms with Gasteiger partial charge in [-0.25, -0.2) is 0 Å². The largest absolute Gasteiger partial charge is 0.481 e. The first-order valence-electron chi connectivity index (χ1n) is 8.02. The summed E-state index contributed by atoms with van der Waals surface area (Å²) in [5.74, 6) is 0.640. The summed E-state index contributed by atoms with van der Waals surface area (Å²) in [5.41, 5.74) is 1.25. The zero-order chi connectivity index (χ0) is 16.8. The minimum absolute atomic E-state index is 0.0616. The molecule has 4 nitrogen and oxygen atoms in total. The summed E-state index contributed by atoms with van der Waals surface area (Å²) in [5, 5.41) is 6.16. The second-order valence-corrected chi connectivity index (χ2v) is 6.74. The predicted octanol–water partition coefficient (Wildman–Crippen LogP) is 2.87. The Bertz CT molecular complexity index is 480. The Balaban J connectivity index is 2.57. The molecular weight excluding hydrogens is 276 g/mol. The zero-order valence-electron chi connectivity index (χ0n) is 14.7. The molecule has 1 amide bonds. The standard InChI is InChI=1S/C18H30N2O2/c1-7-19-13(2)12-20-17(21)14(3)22-16-10-8-9-15(11-16)18(4,5)6/h8-11,13-14,19H,7,12H2,1-6H3,(H,20,21)/t13-,14?/m1/s1. The van der Waals surface area contributed by atoms with Gasteiger partial charge in [-0.2, -0.15) is 0 Å². The Labute approximate surface area is 134 Å². The van der Waals surface area contributed by atoms with Crippen LogP contribution in [-0.2, 0) is 10.2 Å². The number of amides is 1. The fraction of sp³-hybridized carbons (Fsp3) is 0.611. The van der Waals surface area contributed by atoms with Gasteiger partial charge < -0.3 is 15.4 Å². The number of carbonyl (C=O) groups is 1. The molecule has 0 aromatic heterocycles. The number of benzene rings is 1. The van der Waals surface area contributed by atoms with Crippen molar-refractivity contribution in [2.24, 2.45) is 0 Å². The molecule has 1 unspecified atom stereocenters. The second-order valence-electron chi connectivity index (χ2n) is 6.74. The SMILES string of the molecule is CCN[C@H](C)CNC(=O)C(C)Oc1cccc(C(C)(C)C)c1. The van der Waals surface area contributed by atoms with Crippen LogP contribution in [0, 0.1) is 0 Å². The summed E-state index contributed by atoms with van der Waals surface area (Å²) >= 11 is 0. The van der Waals surface area contributed by atoms with E-state index in [1.54, 1.807) is 6.92 Å². The Morgan fingerprint density at radius 3 is 2.55 bits per heavy atom. The maximum atomic E-state index is 12.1. The van der Waals surface area contributed by atoms with Crippen LogP contribution in [0.2, 0.25) is 0 Å². The maximum absolute atomic E-state index is 12.1. The highest BCUT2D eigenvalue weighted by molar-refractivity contribution is 5.80. The zero-order valence-corrected chi connectivity index (χ0v) is 14.7. The van der Waals surface area contributed by atoms with Crippen LogP contribution >= 0.6 is 0 Å². The van der Waals surface area contributed by atoms with Crippen LogP contribution in [0.25, 0.3) is 0 Å². The fourth-order valence-electron chi connectivity index (χ4n) is 2.11. The average molecular weight is 306 g/mol. The lowest BCUT2D eigenvalue weighted by Gasteiger charge is -2.21. The summed E-state index contributed by atoms with van der Waals surface area (Å²) in [7, 11) is 0. The molecule has 0 spiro atoms. The van der Waals surface area contributed by atoms with E-state index in [-0.39, 0.29) is 17.4 Å². The van der Waals surface area contributed by atoms with Gasteiger partial charge in [0.1, 0.15) is 5.75 Å². The topological polar surface area (TPSA) is 50.4 Å². The quantitative estimate of drug-likeness (QED) is 0.814. The van der Waals surface area contributed by atoms with E-state index < -0.39 is 6.10 Å². The van der Waals surface area contributed by atoms with Crippen molar-refractivity contribution in [3.63, 3.8) is 0 Å². The van der Waals surface area contributed by atoms with Gasteiger partial charge in [-0.15, -0.1) is 0 Å². The normalized spacial score (nSPS) is 14.3. The van der Waals surface area contributed by atoms with Gasteiger partial charge in [0.15, 0.2) is 6.10 Å². The Kier molecular flexibility index (Phi) is 6.88. The lowest BCUT2D eigenvalue weighted by Crippen LogP contribution is -2.43. The summed E-state index contributed by atoms with van der Waals surface area (Å²) in [6, 6.07) is 8.19. The molecule has 1 aromatic carbocycles. The van der Waals surface area contributed by atoms with Crippen LogP contribution in [0.3, 0.4) is 0 Å². The summed E-state index contributed by atoms with van der Waals surface area (Å²) < 4.78 is 5.77. The van der Waals surface area contributed by atoms with E-state index in [1.165, 1.54) is 5.56 Å². The summed E-state index contributed by atoms with van der Waals surface area (Å²) in [4.78, 5) is 12.1. The van der Waals surface area contributed by atoms with Gasteiger partial charge in [-0.3, -0.25) is 4.79 Å².